The first kappa shape index (κ1) is 18.1. The second-order valence-electron chi connectivity index (χ2n) is 5.63. The molecule has 0 radical (unpaired) electrons. The molecule has 2 aromatic carbocycles. The first-order valence-corrected chi connectivity index (χ1v) is 8.34. The highest BCUT2D eigenvalue weighted by molar-refractivity contribution is 5.94. The number of aromatic nitrogens is 1. The lowest BCUT2D eigenvalue weighted by Crippen LogP contribution is -2.17. The molecule has 0 aliphatic heterocycles. The third kappa shape index (κ3) is 5.15. The van der Waals surface area contributed by atoms with Crippen LogP contribution in [0.3, 0.4) is 0 Å². The Morgan fingerprint density at radius 3 is 2.70 bits per heavy atom. The molecule has 0 spiro atoms. The second-order valence-corrected chi connectivity index (χ2v) is 5.63. The van der Waals surface area contributed by atoms with Crippen LogP contribution in [-0.2, 0) is 6.61 Å². The van der Waals surface area contributed by atoms with Gasteiger partial charge in [0.2, 0.25) is 0 Å². The summed E-state index contributed by atoms with van der Waals surface area (Å²) in [4.78, 5) is 15.8. The number of hydrogen-bond donors (Lipinski definition) is 1. The quantitative estimate of drug-likeness (QED) is 0.517. The number of methoxy groups -OCH3 is 1. The highest BCUT2D eigenvalue weighted by Gasteiger charge is 2.06. The molecule has 0 saturated carbocycles. The van der Waals surface area contributed by atoms with Gasteiger partial charge >= 0.3 is 0 Å². The van der Waals surface area contributed by atoms with E-state index in [1.54, 1.807) is 31.5 Å². The predicted molar refractivity (Wildman–Crippen MR) is 103 cm³/mol. The van der Waals surface area contributed by atoms with Gasteiger partial charge in [-0.3, -0.25) is 9.78 Å². The summed E-state index contributed by atoms with van der Waals surface area (Å²) in [5, 5.41) is 3.97. The molecule has 6 nitrogen and oxygen atoms in total. The molecule has 3 rings (SSSR count). The van der Waals surface area contributed by atoms with Crippen molar-refractivity contribution in [2.24, 2.45) is 5.10 Å². The Morgan fingerprint density at radius 1 is 1.11 bits per heavy atom. The maximum absolute atomic E-state index is 11.9. The monoisotopic (exact) mass is 361 g/mol. The fourth-order valence-corrected chi connectivity index (χ4v) is 2.35. The zero-order chi connectivity index (χ0) is 18.9. The first-order chi connectivity index (χ1) is 13.3. The number of rotatable bonds is 7. The summed E-state index contributed by atoms with van der Waals surface area (Å²) in [5.74, 6) is 0.903. The minimum atomic E-state index is -0.325. The lowest BCUT2D eigenvalue weighted by molar-refractivity contribution is 0.0955. The third-order valence-electron chi connectivity index (χ3n) is 3.73. The predicted octanol–water partition coefficient (Wildman–Crippen LogP) is 3.43. The Bertz CT molecular complexity index is 912. The van der Waals surface area contributed by atoms with E-state index in [1.165, 1.54) is 12.4 Å². The van der Waals surface area contributed by atoms with E-state index in [1.807, 2.05) is 42.5 Å². The van der Waals surface area contributed by atoms with Gasteiger partial charge < -0.3 is 9.47 Å². The molecule has 0 unspecified atom stereocenters. The molecule has 136 valence electrons. The van der Waals surface area contributed by atoms with Gasteiger partial charge in [0.05, 0.1) is 18.9 Å². The molecule has 0 bridgehead atoms. The molecule has 0 aliphatic rings. The van der Waals surface area contributed by atoms with E-state index < -0.39 is 0 Å². The van der Waals surface area contributed by atoms with E-state index >= 15 is 0 Å². The summed E-state index contributed by atoms with van der Waals surface area (Å²) in [5.41, 5.74) is 4.75. The number of pyridine rings is 1. The summed E-state index contributed by atoms with van der Waals surface area (Å²) in [6.45, 7) is 0.450. The van der Waals surface area contributed by atoms with Crippen molar-refractivity contribution in [3.63, 3.8) is 0 Å². The fourth-order valence-electron chi connectivity index (χ4n) is 2.35. The van der Waals surface area contributed by atoms with Gasteiger partial charge in [0.15, 0.2) is 11.5 Å². The Balaban J connectivity index is 1.62. The van der Waals surface area contributed by atoms with Crippen LogP contribution in [0.25, 0.3) is 0 Å². The SMILES string of the molecule is COc1cc(/C=N\NC(=O)c2cccnc2)ccc1OCc1ccccc1. The van der Waals surface area contributed by atoms with Crippen molar-refractivity contribution in [1.29, 1.82) is 0 Å². The second kappa shape index (κ2) is 9.15. The Hall–Kier alpha value is -3.67. The number of nitrogens with zero attached hydrogens (tertiary/aromatic N) is 2. The minimum absolute atomic E-state index is 0.325. The normalized spacial score (nSPS) is 10.6. The maximum Gasteiger partial charge on any atom is 0.272 e. The van der Waals surface area contributed by atoms with Crippen LogP contribution in [0.1, 0.15) is 21.5 Å². The standard InChI is InChI=1S/C21H19N3O3/c1-26-20-12-17(13-23-24-21(25)18-8-5-11-22-14-18)9-10-19(20)27-15-16-6-3-2-4-7-16/h2-14H,15H2,1H3,(H,24,25)/b23-13-. The van der Waals surface area contributed by atoms with Crippen molar-refractivity contribution in [3.05, 3.63) is 89.7 Å². The number of carbonyl (C=O) groups excluding carboxylic acids is 1. The lowest BCUT2D eigenvalue weighted by Gasteiger charge is -2.11. The van der Waals surface area contributed by atoms with Gasteiger partial charge in [0.1, 0.15) is 6.61 Å². The lowest BCUT2D eigenvalue weighted by atomic mass is 10.2. The van der Waals surface area contributed by atoms with Crippen LogP contribution in [-0.4, -0.2) is 24.2 Å². The molecule has 0 atom stereocenters. The van der Waals surface area contributed by atoms with Crippen molar-refractivity contribution < 1.29 is 14.3 Å². The molecule has 1 aromatic heterocycles. The number of hydrogen-bond acceptors (Lipinski definition) is 5. The highest BCUT2D eigenvalue weighted by atomic mass is 16.5. The molecular formula is C21H19N3O3. The molecule has 1 N–H and O–H groups in total. The molecular weight excluding hydrogens is 342 g/mol. The number of benzene rings is 2. The first-order valence-electron chi connectivity index (χ1n) is 8.34. The number of carbonyl (C=O) groups is 1. The summed E-state index contributed by atoms with van der Waals surface area (Å²) >= 11 is 0. The zero-order valence-electron chi connectivity index (χ0n) is 14.8. The maximum atomic E-state index is 11.9. The average Bonchev–Trinajstić information content (AvgIpc) is 2.74. The van der Waals surface area contributed by atoms with E-state index in [2.05, 4.69) is 15.5 Å². The Kier molecular flexibility index (Phi) is 6.14. The third-order valence-corrected chi connectivity index (χ3v) is 3.73. The van der Waals surface area contributed by atoms with Crippen molar-refractivity contribution >= 4 is 12.1 Å². The van der Waals surface area contributed by atoms with Gasteiger partial charge in [-0.2, -0.15) is 5.10 Å². The van der Waals surface area contributed by atoms with Crippen LogP contribution in [0.4, 0.5) is 0 Å². The molecule has 3 aromatic rings. The van der Waals surface area contributed by atoms with Crippen LogP contribution in [0.15, 0.2) is 78.2 Å². The van der Waals surface area contributed by atoms with Gasteiger partial charge in [-0.05, 0) is 41.5 Å². The van der Waals surface area contributed by atoms with E-state index in [0.717, 1.165) is 11.1 Å². The molecule has 0 aliphatic carbocycles. The van der Waals surface area contributed by atoms with Crippen LogP contribution in [0, 0.1) is 0 Å². The van der Waals surface area contributed by atoms with Crippen molar-refractivity contribution in [3.8, 4) is 11.5 Å². The van der Waals surface area contributed by atoms with Gasteiger partial charge in [0, 0.05) is 12.4 Å². The number of nitrogens with one attached hydrogen (secondary N) is 1. The number of amides is 1. The topological polar surface area (TPSA) is 72.8 Å². The Morgan fingerprint density at radius 2 is 1.96 bits per heavy atom. The van der Waals surface area contributed by atoms with Gasteiger partial charge in [-0.15, -0.1) is 0 Å². The van der Waals surface area contributed by atoms with E-state index in [4.69, 9.17) is 9.47 Å². The van der Waals surface area contributed by atoms with E-state index in [-0.39, 0.29) is 5.91 Å². The summed E-state index contributed by atoms with van der Waals surface area (Å²) < 4.78 is 11.2. The van der Waals surface area contributed by atoms with Gasteiger partial charge in [-0.1, -0.05) is 30.3 Å². The smallest absolute Gasteiger partial charge is 0.272 e. The largest absolute Gasteiger partial charge is 0.493 e. The summed E-state index contributed by atoms with van der Waals surface area (Å²) in [7, 11) is 1.58. The summed E-state index contributed by atoms with van der Waals surface area (Å²) in [6, 6.07) is 18.7. The van der Waals surface area contributed by atoms with Crippen molar-refractivity contribution in [2.75, 3.05) is 7.11 Å². The van der Waals surface area contributed by atoms with E-state index in [9.17, 15) is 4.79 Å². The average molecular weight is 361 g/mol. The number of hydrazone groups is 1. The fraction of sp³-hybridized carbons (Fsp3) is 0.0952. The highest BCUT2D eigenvalue weighted by Crippen LogP contribution is 2.28. The molecule has 6 heteroatoms. The minimum Gasteiger partial charge on any atom is -0.493 e. The van der Waals surface area contributed by atoms with Crippen molar-refractivity contribution in [2.45, 2.75) is 6.61 Å². The summed E-state index contributed by atoms with van der Waals surface area (Å²) in [6.07, 6.45) is 4.62. The van der Waals surface area contributed by atoms with Crippen LogP contribution >= 0.6 is 0 Å². The zero-order valence-corrected chi connectivity index (χ0v) is 14.8. The van der Waals surface area contributed by atoms with Crippen LogP contribution < -0.4 is 14.9 Å². The molecule has 0 fully saturated rings. The van der Waals surface area contributed by atoms with Crippen LogP contribution in [0.2, 0.25) is 0 Å². The van der Waals surface area contributed by atoms with Gasteiger partial charge in [0.25, 0.3) is 5.91 Å². The molecule has 1 amide bonds. The molecule has 1 heterocycles. The van der Waals surface area contributed by atoms with Crippen LogP contribution in [0.5, 0.6) is 11.5 Å². The Labute approximate surface area is 157 Å². The van der Waals surface area contributed by atoms with E-state index in [0.29, 0.717) is 23.7 Å². The van der Waals surface area contributed by atoms with Gasteiger partial charge in [-0.25, -0.2) is 5.43 Å². The molecule has 0 saturated heterocycles. The number of ether oxygens (including phenoxy) is 2. The molecule has 27 heavy (non-hydrogen) atoms. The van der Waals surface area contributed by atoms with Crippen molar-refractivity contribution in [1.82, 2.24) is 10.4 Å².